The molecule has 0 saturated carbocycles. The van der Waals surface area contributed by atoms with Gasteiger partial charge < -0.3 is 14.6 Å². The van der Waals surface area contributed by atoms with Gasteiger partial charge in [-0.3, -0.25) is 9.59 Å². The molecule has 2 heterocycles. The predicted octanol–water partition coefficient (Wildman–Crippen LogP) is 3.74. The van der Waals surface area contributed by atoms with E-state index in [2.05, 4.69) is 9.72 Å². The SMILES string of the molecule is Cc1cc(C)c(CN2CCc3ccc(OC(F)(F)F)c(Cl)c3C2=O)c(=O)[nH]1. The lowest BCUT2D eigenvalue weighted by Crippen LogP contribution is -2.39. The highest BCUT2D eigenvalue weighted by Gasteiger charge is 2.35. The molecule has 0 atom stereocenters. The van der Waals surface area contributed by atoms with Gasteiger partial charge in [0, 0.05) is 17.8 Å². The van der Waals surface area contributed by atoms with Crippen LogP contribution in [0.15, 0.2) is 23.0 Å². The van der Waals surface area contributed by atoms with Crippen LogP contribution in [0.1, 0.15) is 32.7 Å². The van der Waals surface area contributed by atoms with Crippen LogP contribution in [-0.4, -0.2) is 28.7 Å². The first-order valence-corrected chi connectivity index (χ1v) is 8.50. The molecule has 0 radical (unpaired) electrons. The second kappa shape index (κ2) is 6.92. The van der Waals surface area contributed by atoms with Gasteiger partial charge in [-0.15, -0.1) is 13.2 Å². The number of rotatable bonds is 3. The fraction of sp³-hybridized carbons (Fsp3) is 0.333. The Bertz CT molecular complexity index is 970. The number of fused-ring (bicyclic) bond motifs is 1. The monoisotopic (exact) mass is 400 g/mol. The van der Waals surface area contributed by atoms with Crippen molar-refractivity contribution in [3.8, 4) is 5.75 Å². The number of amides is 1. The van der Waals surface area contributed by atoms with Crippen molar-refractivity contribution in [2.45, 2.75) is 33.2 Å². The Kier molecular flexibility index (Phi) is 4.94. The number of H-pyrrole nitrogens is 1. The molecule has 1 aromatic heterocycles. The smallest absolute Gasteiger partial charge is 0.404 e. The number of carbonyl (C=O) groups excluding carboxylic acids is 1. The Morgan fingerprint density at radius 3 is 2.59 bits per heavy atom. The maximum Gasteiger partial charge on any atom is 0.573 e. The van der Waals surface area contributed by atoms with Crippen LogP contribution in [0.2, 0.25) is 5.02 Å². The molecule has 1 aliphatic rings. The molecular weight excluding hydrogens is 385 g/mol. The highest BCUT2D eigenvalue weighted by Crippen LogP contribution is 2.37. The number of hydrogen-bond donors (Lipinski definition) is 1. The molecule has 1 amide bonds. The number of carbonyl (C=O) groups is 1. The summed E-state index contributed by atoms with van der Waals surface area (Å²) >= 11 is 6.04. The number of aryl methyl sites for hydroxylation is 2. The highest BCUT2D eigenvalue weighted by atomic mass is 35.5. The first-order valence-electron chi connectivity index (χ1n) is 8.12. The molecule has 2 aromatic rings. The standard InChI is InChI=1S/C18H16ClF3N2O3/c1-9-7-10(2)23-16(25)12(9)8-24-6-5-11-3-4-13(27-18(20,21)22)15(19)14(11)17(24)26/h3-4,7H,5-6,8H2,1-2H3,(H,23,25). The van der Waals surface area contributed by atoms with Crippen LogP contribution in [0.3, 0.4) is 0 Å². The number of ether oxygens (including phenoxy) is 1. The third-order valence-electron chi connectivity index (χ3n) is 4.41. The van der Waals surface area contributed by atoms with E-state index < -0.39 is 18.0 Å². The molecule has 0 bridgehead atoms. The van der Waals surface area contributed by atoms with Crippen molar-refractivity contribution < 1.29 is 22.7 Å². The molecule has 5 nitrogen and oxygen atoms in total. The van der Waals surface area contributed by atoms with Gasteiger partial charge in [0.15, 0.2) is 0 Å². The van der Waals surface area contributed by atoms with E-state index in [1.807, 2.05) is 0 Å². The molecule has 9 heteroatoms. The van der Waals surface area contributed by atoms with Crippen molar-refractivity contribution in [3.05, 3.63) is 61.5 Å². The van der Waals surface area contributed by atoms with Crippen LogP contribution in [0.4, 0.5) is 13.2 Å². The normalized spacial score (nSPS) is 14.3. The fourth-order valence-electron chi connectivity index (χ4n) is 3.17. The molecule has 3 rings (SSSR count). The molecule has 0 aliphatic carbocycles. The lowest BCUT2D eigenvalue weighted by atomic mass is 9.97. The molecule has 144 valence electrons. The van der Waals surface area contributed by atoms with Crippen LogP contribution in [0, 0.1) is 13.8 Å². The number of aromatic amines is 1. The zero-order valence-corrected chi connectivity index (χ0v) is 15.3. The van der Waals surface area contributed by atoms with E-state index in [9.17, 15) is 22.8 Å². The summed E-state index contributed by atoms with van der Waals surface area (Å²) in [5.74, 6) is -1.16. The molecule has 1 aromatic carbocycles. The Morgan fingerprint density at radius 1 is 1.26 bits per heavy atom. The van der Waals surface area contributed by atoms with E-state index in [4.69, 9.17) is 11.6 Å². The molecule has 0 unspecified atom stereocenters. The summed E-state index contributed by atoms with van der Waals surface area (Å²) in [6.45, 7) is 3.89. The van der Waals surface area contributed by atoms with Crippen LogP contribution in [0.5, 0.6) is 5.75 Å². The van der Waals surface area contributed by atoms with Crippen molar-refractivity contribution in [1.29, 1.82) is 0 Å². The number of alkyl halides is 3. The van der Waals surface area contributed by atoms with E-state index in [1.165, 1.54) is 11.0 Å². The van der Waals surface area contributed by atoms with Crippen LogP contribution in [0.25, 0.3) is 0 Å². The maximum absolute atomic E-state index is 12.8. The van der Waals surface area contributed by atoms with Crippen LogP contribution >= 0.6 is 11.6 Å². The summed E-state index contributed by atoms with van der Waals surface area (Å²) in [5.41, 5.74) is 2.09. The van der Waals surface area contributed by atoms with Gasteiger partial charge in [-0.25, -0.2) is 0 Å². The third kappa shape index (κ3) is 3.95. The van der Waals surface area contributed by atoms with Crippen LogP contribution < -0.4 is 10.3 Å². The average molecular weight is 401 g/mol. The van der Waals surface area contributed by atoms with Gasteiger partial charge in [0.05, 0.1) is 17.1 Å². The molecule has 1 aliphatic heterocycles. The minimum Gasteiger partial charge on any atom is -0.404 e. The summed E-state index contributed by atoms with van der Waals surface area (Å²) in [6, 6.07) is 4.30. The first-order chi connectivity index (χ1) is 12.6. The lowest BCUT2D eigenvalue weighted by Gasteiger charge is -2.30. The minimum absolute atomic E-state index is 0.0224. The highest BCUT2D eigenvalue weighted by molar-refractivity contribution is 6.35. The van der Waals surface area contributed by atoms with Gasteiger partial charge in [0.2, 0.25) is 0 Å². The number of nitrogens with one attached hydrogen (secondary N) is 1. The van der Waals surface area contributed by atoms with Crippen molar-refractivity contribution in [3.63, 3.8) is 0 Å². The van der Waals surface area contributed by atoms with Gasteiger partial charge in [-0.1, -0.05) is 17.7 Å². The Morgan fingerprint density at radius 2 is 1.96 bits per heavy atom. The summed E-state index contributed by atoms with van der Waals surface area (Å²) in [6.07, 6.45) is -4.50. The predicted molar refractivity (Wildman–Crippen MR) is 93.1 cm³/mol. The topological polar surface area (TPSA) is 62.4 Å². The van der Waals surface area contributed by atoms with E-state index >= 15 is 0 Å². The average Bonchev–Trinajstić information content (AvgIpc) is 2.54. The molecular formula is C18H16ClF3N2O3. The van der Waals surface area contributed by atoms with Gasteiger partial charge in [-0.2, -0.15) is 0 Å². The van der Waals surface area contributed by atoms with Gasteiger partial charge >= 0.3 is 6.36 Å². The van der Waals surface area contributed by atoms with E-state index in [1.54, 1.807) is 19.9 Å². The van der Waals surface area contributed by atoms with Crippen molar-refractivity contribution >= 4 is 17.5 Å². The quantitative estimate of drug-likeness (QED) is 0.853. The molecule has 27 heavy (non-hydrogen) atoms. The minimum atomic E-state index is -4.92. The molecule has 1 N–H and O–H groups in total. The van der Waals surface area contributed by atoms with E-state index in [-0.39, 0.29) is 22.7 Å². The van der Waals surface area contributed by atoms with Gasteiger partial charge in [0.1, 0.15) is 5.75 Å². The zero-order chi connectivity index (χ0) is 19.9. The molecule has 0 fully saturated rings. The lowest BCUT2D eigenvalue weighted by molar-refractivity contribution is -0.274. The number of benzene rings is 1. The Balaban J connectivity index is 1.94. The summed E-state index contributed by atoms with van der Waals surface area (Å²) in [4.78, 5) is 29.1. The third-order valence-corrected chi connectivity index (χ3v) is 4.79. The maximum atomic E-state index is 12.8. The van der Waals surface area contributed by atoms with E-state index in [0.29, 0.717) is 29.8 Å². The Hall–Kier alpha value is -2.48. The zero-order valence-electron chi connectivity index (χ0n) is 14.5. The summed E-state index contributed by atoms with van der Waals surface area (Å²) in [5, 5.41) is -0.380. The largest absolute Gasteiger partial charge is 0.573 e. The second-order valence-electron chi connectivity index (χ2n) is 6.38. The van der Waals surface area contributed by atoms with E-state index in [0.717, 1.165) is 11.6 Å². The van der Waals surface area contributed by atoms with Gasteiger partial charge in [0.25, 0.3) is 11.5 Å². The van der Waals surface area contributed by atoms with Crippen LogP contribution in [-0.2, 0) is 13.0 Å². The molecule has 0 spiro atoms. The number of aromatic nitrogens is 1. The van der Waals surface area contributed by atoms with Crippen molar-refractivity contribution in [2.75, 3.05) is 6.54 Å². The molecule has 0 saturated heterocycles. The first kappa shape index (κ1) is 19.3. The van der Waals surface area contributed by atoms with Gasteiger partial charge in [-0.05, 0) is 43.5 Å². The number of hydrogen-bond acceptors (Lipinski definition) is 3. The van der Waals surface area contributed by atoms with Crippen molar-refractivity contribution in [1.82, 2.24) is 9.88 Å². The number of nitrogens with zero attached hydrogens (tertiary/aromatic N) is 1. The number of halogens is 4. The Labute approximate surface area is 157 Å². The second-order valence-corrected chi connectivity index (χ2v) is 6.76. The number of pyridine rings is 1. The summed E-state index contributed by atoms with van der Waals surface area (Å²) in [7, 11) is 0. The summed E-state index contributed by atoms with van der Waals surface area (Å²) < 4.78 is 41.5. The van der Waals surface area contributed by atoms with Crippen molar-refractivity contribution in [2.24, 2.45) is 0 Å². The fourth-order valence-corrected chi connectivity index (χ4v) is 3.48.